The molecule has 4 rings (SSSR count). The first-order valence-electron chi connectivity index (χ1n) is 9.55. The number of aromatic nitrogens is 3. The maximum absolute atomic E-state index is 12.5. The van der Waals surface area contributed by atoms with E-state index in [0.717, 1.165) is 44.5 Å². The zero-order valence-corrected chi connectivity index (χ0v) is 15.5. The average Bonchev–Trinajstić information content (AvgIpc) is 3.42. The van der Waals surface area contributed by atoms with Crippen LogP contribution in [0.2, 0.25) is 0 Å². The third-order valence-electron chi connectivity index (χ3n) is 5.50. The number of nitrogens with one attached hydrogen (secondary N) is 2. The Morgan fingerprint density at radius 2 is 2.07 bits per heavy atom. The Labute approximate surface area is 158 Å². The summed E-state index contributed by atoms with van der Waals surface area (Å²) in [5.74, 6) is 0.437. The van der Waals surface area contributed by atoms with Gasteiger partial charge in [-0.25, -0.2) is 4.79 Å². The second-order valence-electron chi connectivity index (χ2n) is 7.20. The molecular formula is C19H26N6O2. The molecule has 2 aromatic rings. The molecule has 1 aromatic carbocycles. The Morgan fingerprint density at radius 1 is 1.22 bits per heavy atom. The van der Waals surface area contributed by atoms with Gasteiger partial charge in [-0.15, -0.1) is 9.90 Å². The van der Waals surface area contributed by atoms with E-state index in [-0.39, 0.29) is 12.1 Å². The van der Waals surface area contributed by atoms with Gasteiger partial charge in [-0.1, -0.05) is 18.2 Å². The molecule has 2 aliphatic rings. The number of urea groups is 1. The molecule has 0 radical (unpaired) electrons. The molecule has 1 saturated carbocycles. The zero-order valence-electron chi connectivity index (χ0n) is 15.5. The lowest BCUT2D eigenvalue weighted by Gasteiger charge is -2.29. The minimum absolute atomic E-state index is 0.157. The topological polar surface area (TPSA) is 84.3 Å². The number of para-hydroxylation sites is 1. The molecule has 8 heteroatoms. The molecule has 8 nitrogen and oxygen atoms in total. The van der Waals surface area contributed by atoms with E-state index in [1.165, 1.54) is 4.80 Å². The third kappa shape index (κ3) is 4.12. The van der Waals surface area contributed by atoms with Crippen molar-refractivity contribution in [2.24, 2.45) is 0 Å². The molecule has 2 heterocycles. The fourth-order valence-electron chi connectivity index (χ4n) is 4.12. The van der Waals surface area contributed by atoms with E-state index in [1.54, 1.807) is 13.3 Å². The van der Waals surface area contributed by atoms with Crippen LogP contribution >= 0.6 is 0 Å². The Balaban J connectivity index is 1.33. The van der Waals surface area contributed by atoms with Crippen LogP contribution in [0.15, 0.2) is 36.5 Å². The van der Waals surface area contributed by atoms with Crippen molar-refractivity contribution < 1.29 is 9.53 Å². The van der Waals surface area contributed by atoms with E-state index < -0.39 is 0 Å². The molecule has 2 fully saturated rings. The molecule has 3 atom stereocenters. The van der Waals surface area contributed by atoms with Gasteiger partial charge in [0.1, 0.15) is 0 Å². The molecule has 1 aromatic heterocycles. The van der Waals surface area contributed by atoms with E-state index in [0.29, 0.717) is 18.0 Å². The lowest BCUT2D eigenvalue weighted by molar-refractivity contribution is 0.0985. The van der Waals surface area contributed by atoms with Gasteiger partial charge >= 0.3 is 6.03 Å². The van der Waals surface area contributed by atoms with Crippen molar-refractivity contribution in [1.29, 1.82) is 0 Å². The zero-order chi connectivity index (χ0) is 18.6. The quantitative estimate of drug-likeness (QED) is 0.841. The second kappa shape index (κ2) is 8.06. The van der Waals surface area contributed by atoms with Crippen LogP contribution in [0.3, 0.4) is 0 Å². The number of ether oxygens (including phenoxy) is 1. The van der Waals surface area contributed by atoms with Crippen LogP contribution in [0.25, 0.3) is 5.69 Å². The standard InChI is InChI=1S/C19H26N6O2/c1-27-15-10-11-24(13-15)17-9-5-8-16(17)21-19(26)22-18-12-20-25(23-18)14-6-3-2-4-7-14/h2-4,6-7,12,15-17H,5,8-11,13H2,1H3,(H2,21,22,23,26)/t15?,16-,17+/m0/s1. The Morgan fingerprint density at radius 3 is 2.85 bits per heavy atom. The number of nitrogens with zero attached hydrogens (tertiary/aromatic N) is 4. The highest BCUT2D eigenvalue weighted by Crippen LogP contribution is 2.28. The van der Waals surface area contributed by atoms with Crippen molar-refractivity contribution in [3.63, 3.8) is 0 Å². The van der Waals surface area contributed by atoms with Crippen molar-refractivity contribution in [2.75, 3.05) is 25.5 Å². The van der Waals surface area contributed by atoms with Crippen LogP contribution in [0.4, 0.5) is 10.6 Å². The highest BCUT2D eigenvalue weighted by Gasteiger charge is 2.36. The summed E-state index contributed by atoms with van der Waals surface area (Å²) in [7, 11) is 1.77. The highest BCUT2D eigenvalue weighted by atomic mass is 16.5. The number of anilines is 1. The second-order valence-corrected chi connectivity index (χ2v) is 7.20. The van der Waals surface area contributed by atoms with Gasteiger partial charge in [0.2, 0.25) is 0 Å². The summed E-state index contributed by atoms with van der Waals surface area (Å²) >= 11 is 0. The number of amides is 2. The maximum atomic E-state index is 12.5. The molecule has 1 unspecified atom stereocenters. The maximum Gasteiger partial charge on any atom is 0.320 e. The summed E-state index contributed by atoms with van der Waals surface area (Å²) in [6.45, 7) is 1.99. The van der Waals surface area contributed by atoms with E-state index in [2.05, 4.69) is 25.7 Å². The summed E-state index contributed by atoms with van der Waals surface area (Å²) in [5, 5.41) is 14.5. The molecule has 144 valence electrons. The molecule has 0 bridgehead atoms. The van der Waals surface area contributed by atoms with Gasteiger partial charge in [-0.05, 0) is 37.8 Å². The van der Waals surface area contributed by atoms with Crippen molar-refractivity contribution in [3.8, 4) is 5.69 Å². The van der Waals surface area contributed by atoms with Crippen LogP contribution in [-0.2, 0) is 4.74 Å². The number of carbonyl (C=O) groups excluding carboxylic acids is 1. The number of carbonyl (C=O) groups is 1. The Bertz CT molecular complexity index is 765. The fourth-order valence-corrected chi connectivity index (χ4v) is 4.12. The lowest BCUT2D eigenvalue weighted by Crippen LogP contribution is -2.49. The summed E-state index contributed by atoms with van der Waals surface area (Å²) in [5.41, 5.74) is 0.851. The van der Waals surface area contributed by atoms with Gasteiger partial charge in [0.25, 0.3) is 0 Å². The monoisotopic (exact) mass is 370 g/mol. The van der Waals surface area contributed by atoms with Crippen molar-refractivity contribution in [1.82, 2.24) is 25.2 Å². The minimum atomic E-state index is -0.227. The van der Waals surface area contributed by atoms with Gasteiger partial charge in [0.05, 0.1) is 18.0 Å². The average molecular weight is 370 g/mol. The number of hydrogen-bond acceptors (Lipinski definition) is 5. The van der Waals surface area contributed by atoms with E-state index >= 15 is 0 Å². The summed E-state index contributed by atoms with van der Waals surface area (Å²) in [4.78, 5) is 16.4. The van der Waals surface area contributed by atoms with Crippen LogP contribution in [0.1, 0.15) is 25.7 Å². The van der Waals surface area contributed by atoms with Gasteiger partial charge in [0.15, 0.2) is 5.82 Å². The first kappa shape index (κ1) is 17.9. The Kier molecular flexibility index (Phi) is 5.35. The van der Waals surface area contributed by atoms with Crippen LogP contribution in [-0.4, -0.2) is 64.3 Å². The van der Waals surface area contributed by atoms with Gasteiger partial charge < -0.3 is 10.1 Å². The number of benzene rings is 1. The molecule has 2 N–H and O–H groups in total. The lowest BCUT2D eigenvalue weighted by atomic mass is 10.1. The van der Waals surface area contributed by atoms with Crippen LogP contribution in [0, 0.1) is 0 Å². The first-order valence-corrected chi connectivity index (χ1v) is 9.55. The van der Waals surface area contributed by atoms with Gasteiger partial charge in [0, 0.05) is 32.3 Å². The van der Waals surface area contributed by atoms with Gasteiger partial charge in [-0.2, -0.15) is 5.10 Å². The van der Waals surface area contributed by atoms with E-state index in [9.17, 15) is 4.79 Å². The third-order valence-corrected chi connectivity index (χ3v) is 5.50. The SMILES string of the molecule is COC1CCN([C@@H]2CCC[C@@H]2NC(=O)Nc2cnn(-c3ccccc3)n2)C1. The molecule has 0 spiro atoms. The van der Waals surface area contributed by atoms with E-state index in [1.807, 2.05) is 30.3 Å². The summed E-state index contributed by atoms with van der Waals surface area (Å²) in [6.07, 6.45) is 6.19. The van der Waals surface area contributed by atoms with Crippen molar-refractivity contribution in [2.45, 2.75) is 43.9 Å². The molecular weight excluding hydrogens is 344 g/mol. The smallest absolute Gasteiger partial charge is 0.320 e. The first-order chi connectivity index (χ1) is 13.2. The van der Waals surface area contributed by atoms with Crippen molar-refractivity contribution >= 4 is 11.8 Å². The Hall–Kier alpha value is -2.45. The summed E-state index contributed by atoms with van der Waals surface area (Å²) in [6, 6.07) is 9.92. The number of methoxy groups -OCH3 is 1. The molecule has 27 heavy (non-hydrogen) atoms. The number of rotatable bonds is 5. The van der Waals surface area contributed by atoms with Crippen LogP contribution < -0.4 is 10.6 Å². The molecule has 2 amide bonds. The van der Waals surface area contributed by atoms with Crippen LogP contribution in [0.5, 0.6) is 0 Å². The fraction of sp³-hybridized carbons (Fsp3) is 0.526. The molecule has 1 aliphatic heterocycles. The largest absolute Gasteiger partial charge is 0.380 e. The predicted octanol–water partition coefficient (Wildman–Crippen LogP) is 2.03. The molecule has 1 saturated heterocycles. The predicted molar refractivity (Wildman–Crippen MR) is 102 cm³/mol. The van der Waals surface area contributed by atoms with Gasteiger partial charge in [-0.3, -0.25) is 10.2 Å². The van der Waals surface area contributed by atoms with Crippen molar-refractivity contribution in [3.05, 3.63) is 36.5 Å². The number of likely N-dealkylation sites (tertiary alicyclic amines) is 1. The molecule has 1 aliphatic carbocycles. The highest BCUT2D eigenvalue weighted by molar-refractivity contribution is 5.88. The summed E-state index contributed by atoms with van der Waals surface area (Å²) < 4.78 is 5.48. The number of hydrogen-bond donors (Lipinski definition) is 2. The normalized spacial score (nSPS) is 25.6. The minimum Gasteiger partial charge on any atom is -0.380 e. The van der Waals surface area contributed by atoms with E-state index in [4.69, 9.17) is 4.74 Å².